The van der Waals surface area contributed by atoms with Crippen molar-refractivity contribution in [3.8, 4) is 11.5 Å². The number of hydrogen-bond donors (Lipinski definition) is 1. The fraction of sp³-hybridized carbons (Fsp3) is 0.0333. The molecule has 1 N–H and O–H groups in total. The maximum absolute atomic E-state index is 13.5. The van der Waals surface area contributed by atoms with Gasteiger partial charge in [-0.15, -0.1) is 0 Å². The minimum absolute atomic E-state index is 0.0660. The van der Waals surface area contributed by atoms with Crippen molar-refractivity contribution in [1.29, 1.82) is 0 Å². The summed E-state index contributed by atoms with van der Waals surface area (Å²) in [5.74, 6) is -1.56. The molecule has 0 aliphatic carbocycles. The normalized spacial score (nSPS) is 14.5. The first-order valence-corrected chi connectivity index (χ1v) is 15.8. The minimum Gasteiger partial charge on any atom is -0.489 e. The van der Waals surface area contributed by atoms with Crippen molar-refractivity contribution in [3.05, 3.63) is 122 Å². The first-order chi connectivity index (χ1) is 20.5. The molecule has 1 saturated heterocycles. The Morgan fingerprint density at radius 2 is 1.56 bits per heavy atom. The fourth-order valence-corrected chi connectivity index (χ4v) is 6.56. The third-order valence-electron chi connectivity index (χ3n) is 6.08. The van der Waals surface area contributed by atoms with Gasteiger partial charge in [-0.25, -0.2) is 9.69 Å². The summed E-state index contributed by atoms with van der Waals surface area (Å²) in [7, 11) is -4.34. The number of rotatable bonds is 8. The topological polar surface area (TPSA) is 119 Å². The molecular formula is C30H19Br2ClN2O7S. The van der Waals surface area contributed by atoms with Gasteiger partial charge in [0.2, 0.25) is 0 Å². The van der Waals surface area contributed by atoms with Crippen LogP contribution in [-0.4, -0.2) is 26.3 Å². The largest absolute Gasteiger partial charge is 0.489 e. The minimum atomic E-state index is -4.34. The molecule has 1 fully saturated rings. The molecule has 4 amide bonds. The molecule has 43 heavy (non-hydrogen) atoms. The van der Waals surface area contributed by atoms with Crippen molar-refractivity contribution >= 4 is 83.2 Å². The van der Waals surface area contributed by atoms with E-state index in [1.165, 1.54) is 48.5 Å². The summed E-state index contributed by atoms with van der Waals surface area (Å²) in [5, 5.41) is 2.49. The van der Waals surface area contributed by atoms with E-state index >= 15 is 0 Å². The molecule has 9 nitrogen and oxygen atoms in total. The van der Waals surface area contributed by atoms with Gasteiger partial charge in [-0.1, -0.05) is 57.9 Å². The van der Waals surface area contributed by atoms with Gasteiger partial charge in [-0.2, -0.15) is 8.42 Å². The number of halogens is 3. The summed E-state index contributed by atoms with van der Waals surface area (Å²) in [6.45, 7) is 0.324. The maximum Gasteiger partial charge on any atom is 0.339 e. The molecule has 13 heteroatoms. The number of anilines is 1. The highest BCUT2D eigenvalue weighted by Gasteiger charge is 2.37. The second-order valence-electron chi connectivity index (χ2n) is 9.02. The van der Waals surface area contributed by atoms with Crippen molar-refractivity contribution in [3.63, 3.8) is 0 Å². The van der Waals surface area contributed by atoms with E-state index in [1.807, 2.05) is 30.3 Å². The van der Waals surface area contributed by atoms with E-state index in [9.17, 15) is 22.8 Å². The molecule has 4 aromatic rings. The smallest absolute Gasteiger partial charge is 0.339 e. The molecule has 0 radical (unpaired) electrons. The molecule has 1 aliphatic rings. The van der Waals surface area contributed by atoms with Gasteiger partial charge in [0.1, 0.15) is 22.8 Å². The average molecular weight is 747 g/mol. The van der Waals surface area contributed by atoms with Crippen LogP contribution in [0.1, 0.15) is 11.1 Å². The Bertz CT molecular complexity index is 1870. The number of nitrogens with one attached hydrogen (secondary N) is 1. The van der Waals surface area contributed by atoms with Crippen LogP contribution >= 0.6 is 43.5 Å². The fourth-order valence-electron chi connectivity index (χ4n) is 4.01. The number of barbiturate groups is 1. The van der Waals surface area contributed by atoms with Crippen molar-refractivity contribution in [1.82, 2.24) is 5.32 Å². The number of nitrogens with zero attached hydrogens (tertiary/aromatic N) is 1. The van der Waals surface area contributed by atoms with Crippen molar-refractivity contribution in [2.45, 2.75) is 11.5 Å². The molecule has 0 aromatic heterocycles. The second-order valence-corrected chi connectivity index (χ2v) is 12.8. The van der Waals surface area contributed by atoms with Crippen LogP contribution in [0.2, 0.25) is 5.02 Å². The lowest BCUT2D eigenvalue weighted by Crippen LogP contribution is -2.54. The molecule has 1 aliphatic heterocycles. The van der Waals surface area contributed by atoms with E-state index in [0.29, 0.717) is 21.9 Å². The van der Waals surface area contributed by atoms with Crippen LogP contribution in [0.5, 0.6) is 11.5 Å². The quantitative estimate of drug-likeness (QED) is 0.119. The summed E-state index contributed by atoms with van der Waals surface area (Å²) >= 11 is 12.5. The van der Waals surface area contributed by atoms with Gasteiger partial charge in [0.15, 0.2) is 5.75 Å². The Hall–Kier alpha value is -3.97. The SMILES string of the molecule is O=C1NC(=O)N(c2ccc(OCc3ccccc3)cc2)C(=O)/C1=C/c1cc(Br)cc(Br)c1OS(=O)(=O)c1ccc(Cl)cc1. The van der Waals surface area contributed by atoms with Gasteiger partial charge in [0.25, 0.3) is 11.8 Å². The van der Waals surface area contributed by atoms with E-state index in [4.69, 9.17) is 20.5 Å². The van der Waals surface area contributed by atoms with Gasteiger partial charge < -0.3 is 8.92 Å². The number of carbonyl (C=O) groups is 3. The van der Waals surface area contributed by atoms with Crippen molar-refractivity contribution < 1.29 is 31.7 Å². The monoisotopic (exact) mass is 744 g/mol. The molecular weight excluding hydrogens is 728 g/mol. The molecule has 0 spiro atoms. The van der Waals surface area contributed by atoms with E-state index < -0.39 is 33.5 Å². The predicted octanol–water partition coefficient (Wildman–Crippen LogP) is 6.88. The van der Waals surface area contributed by atoms with Crippen LogP contribution in [0.15, 0.2) is 110 Å². The zero-order valence-corrected chi connectivity index (χ0v) is 26.5. The van der Waals surface area contributed by atoms with Crippen LogP contribution in [-0.2, 0) is 26.3 Å². The van der Waals surface area contributed by atoms with Crippen molar-refractivity contribution in [2.24, 2.45) is 0 Å². The Labute approximate surface area is 268 Å². The zero-order chi connectivity index (χ0) is 30.7. The third-order valence-corrected chi connectivity index (χ3v) is 8.61. The average Bonchev–Trinajstić information content (AvgIpc) is 2.97. The molecule has 0 saturated carbocycles. The van der Waals surface area contributed by atoms with Gasteiger partial charge >= 0.3 is 16.1 Å². The molecule has 0 unspecified atom stereocenters. The number of hydrogen-bond acceptors (Lipinski definition) is 7. The summed E-state index contributed by atoms with van der Waals surface area (Å²) in [6, 6.07) is 23.2. The first kappa shape index (κ1) is 30.5. The van der Waals surface area contributed by atoms with Gasteiger partial charge in [0, 0.05) is 15.1 Å². The van der Waals surface area contributed by atoms with Crippen LogP contribution in [0, 0.1) is 0 Å². The Balaban J connectivity index is 1.44. The lowest BCUT2D eigenvalue weighted by atomic mass is 10.1. The number of benzene rings is 4. The number of amides is 4. The van der Waals surface area contributed by atoms with E-state index in [2.05, 4.69) is 37.2 Å². The summed E-state index contributed by atoms with van der Waals surface area (Å²) in [5.41, 5.74) is 0.790. The highest BCUT2D eigenvalue weighted by atomic mass is 79.9. The predicted molar refractivity (Wildman–Crippen MR) is 167 cm³/mol. The lowest BCUT2D eigenvalue weighted by Gasteiger charge is -2.26. The van der Waals surface area contributed by atoms with Gasteiger partial charge in [-0.05, 0) is 88.2 Å². The van der Waals surface area contributed by atoms with Gasteiger partial charge in [0.05, 0.1) is 10.2 Å². The molecule has 218 valence electrons. The number of ether oxygens (including phenoxy) is 1. The summed E-state index contributed by atoms with van der Waals surface area (Å²) in [4.78, 5) is 39.7. The Kier molecular flexibility index (Phi) is 9.02. The zero-order valence-electron chi connectivity index (χ0n) is 21.8. The van der Waals surface area contributed by atoms with Crippen LogP contribution < -0.4 is 19.1 Å². The molecule has 1 heterocycles. The maximum atomic E-state index is 13.5. The van der Waals surface area contributed by atoms with E-state index in [-0.39, 0.29) is 26.4 Å². The van der Waals surface area contributed by atoms with E-state index in [1.54, 1.807) is 12.1 Å². The standard InChI is InChI=1S/C30H19Br2ClN2O7S/c31-20-14-19(27(26(32)16-20)42-43(39,40)24-12-6-21(33)7-13-24)15-25-28(36)34-30(38)35(29(25)37)22-8-10-23(11-9-22)41-17-18-4-2-1-3-5-18/h1-16H,17H2,(H,34,36,38)/b25-15+. The summed E-state index contributed by atoms with van der Waals surface area (Å²) in [6.07, 6.45) is 1.15. The lowest BCUT2D eigenvalue weighted by molar-refractivity contribution is -0.122. The number of urea groups is 1. The number of carbonyl (C=O) groups excluding carboxylic acids is 3. The molecule has 0 bridgehead atoms. The highest BCUT2D eigenvalue weighted by Crippen LogP contribution is 2.37. The Morgan fingerprint density at radius 3 is 2.23 bits per heavy atom. The van der Waals surface area contributed by atoms with Crippen LogP contribution in [0.3, 0.4) is 0 Å². The molecule has 5 rings (SSSR count). The third kappa shape index (κ3) is 6.99. The van der Waals surface area contributed by atoms with Crippen molar-refractivity contribution in [2.75, 3.05) is 4.90 Å². The molecule has 4 aromatic carbocycles. The van der Waals surface area contributed by atoms with Crippen LogP contribution in [0.4, 0.5) is 10.5 Å². The second kappa shape index (κ2) is 12.7. The van der Waals surface area contributed by atoms with E-state index in [0.717, 1.165) is 16.5 Å². The summed E-state index contributed by atoms with van der Waals surface area (Å²) < 4.78 is 38.0. The van der Waals surface area contributed by atoms with Gasteiger partial charge in [-0.3, -0.25) is 14.9 Å². The first-order valence-electron chi connectivity index (χ1n) is 12.4. The number of imide groups is 2. The molecule has 0 atom stereocenters. The highest BCUT2D eigenvalue weighted by molar-refractivity contribution is 9.11. The van der Waals surface area contributed by atoms with Crippen LogP contribution in [0.25, 0.3) is 6.08 Å². The Morgan fingerprint density at radius 1 is 0.884 bits per heavy atom.